The molecule has 2 unspecified atom stereocenters. The summed E-state index contributed by atoms with van der Waals surface area (Å²) in [6.45, 7) is 4.15. The normalized spacial score (nSPS) is 16.8. The Bertz CT molecular complexity index is 76.0. The largest absolute Gasteiger partial charge is 0.392 e. The molecule has 0 aromatic rings. The van der Waals surface area contributed by atoms with Crippen molar-refractivity contribution in [2.75, 3.05) is 6.54 Å². The van der Waals surface area contributed by atoms with E-state index in [2.05, 4.69) is 5.32 Å². The molecule has 10 heavy (non-hydrogen) atoms. The Morgan fingerprint density at radius 2 is 2.00 bits per heavy atom. The van der Waals surface area contributed by atoms with Crippen LogP contribution >= 0.6 is 0 Å². The van der Waals surface area contributed by atoms with Gasteiger partial charge in [0.25, 0.3) is 0 Å². The molecular formula is C7H17NO2. The quantitative estimate of drug-likeness (QED) is 0.482. The minimum atomic E-state index is -0.459. The van der Waals surface area contributed by atoms with Gasteiger partial charge in [-0.25, -0.2) is 0 Å². The van der Waals surface area contributed by atoms with Crippen molar-refractivity contribution in [3.8, 4) is 0 Å². The standard InChI is InChI=1S/C7H17NO2/c1-3-4-7(10)8-5-6(2)9/h6-10H,3-5H2,1-2H3. The lowest BCUT2D eigenvalue weighted by atomic mass is 10.3. The van der Waals surface area contributed by atoms with Crippen LogP contribution in [0.4, 0.5) is 0 Å². The lowest BCUT2D eigenvalue weighted by Crippen LogP contribution is -2.34. The number of hydrogen-bond donors (Lipinski definition) is 3. The summed E-state index contributed by atoms with van der Waals surface area (Å²) in [6.07, 6.45) is 0.854. The van der Waals surface area contributed by atoms with Gasteiger partial charge < -0.3 is 10.2 Å². The van der Waals surface area contributed by atoms with Crippen molar-refractivity contribution in [3.63, 3.8) is 0 Å². The Labute approximate surface area is 62.1 Å². The predicted molar refractivity (Wildman–Crippen MR) is 40.6 cm³/mol. The maximum absolute atomic E-state index is 9.08. The fraction of sp³-hybridized carbons (Fsp3) is 1.00. The molecule has 0 aromatic carbocycles. The zero-order valence-corrected chi connectivity index (χ0v) is 6.67. The Balaban J connectivity index is 3.12. The maximum Gasteiger partial charge on any atom is 0.104 e. The minimum absolute atomic E-state index is 0.383. The average Bonchev–Trinajstić information content (AvgIpc) is 1.85. The van der Waals surface area contributed by atoms with Crippen LogP contribution in [-0.2, 0) is 0 Å². The van der Waals surface area contributed by atoms with Crippen LogP contribution in [0.1, 0.15) is 26.7 Å². The molecule has 3 nitrogen and oxygen atoms in total. The molecule has 3 heteroatoms. The monoisotopic (exact) mass is 147 g/mol. The molecule has 2 atom stereocenters. The zero-order valence-electron chi connectivity index (χ0n) is 6.67. The lowest BCUT2D eigenvalue weighted by Gasteiger charge is -2.12. The van der Waals surface area contributed by atoms with E-state index in [0.29, 0.717) is 6.54 Å². The average molecular weight is 147 g/mol. The summed E-state index contributed by atoms with van der Waals surface area (Å²) in [6, 6.07) is 0. The van der Waals surface area contributed by atoms with E-state index < -0.39 is 6.23 Å². The minimum Gasteiger partial charge on any atom is -0.392 e. The second kappa shape index (κ2) is 5.65. The van der Waals surface area contributed by atoms with E-state index in [9.17, 15) is 0 Å². The number of nitrogens with one attached hydrogen (secondary N) is 1. The fourth-order valence-corrected chi connectivity index (χ4v) is 0.682. The van der Waals surface area contributed by atoms with Gasteiger partial charge in [0, 0.05) is 6.54 Å². The van der Waals surface area contributed by atoms with Gasteiger partial charge in [0.05, 0.1) is 6.10 Å². The molecule has 0 aliphatic heterocycles. The summed E-state index contributed by atoms with van der Waals surface area (Å²) in [5.74, 6) is 0. The third kappa shape index (κ3) is 6.01. The molecule has 0 saturated heterocycles. The van der Waals surface area contributed by atoms with Crippen LogP contribution in [0.15, 0.2) is 0 Å². The van der Waals surface area contributed by atoms with E-state index in [-0.39, 0.29) is 6.10 Å². The first kappa shape index (κ1) is 9.88. The van der Waals surface area contributed by atoms with Gasteiger partial charge >= 0.3 is 0 Å². The van der Waals surface area contributed by atoms with Gasteiger partial charge in [-0.2, -0.15) is 0 Å². The Morgan fingerprint density at radius 1 is 1.40 bits per heavy atom. The molecule has 3 N–H and O–H groups in total. The van der Waals surface area contributed by atoms with Crippen LogP contribution in [-0.4, -0.2) is 29.1 Å². The van der Waals surface area contributed by atoms with Gasteiger partial charge in [-0.15, -0.1) is 0 Å². The van der Waals surface area contributed by atoms with Crippen molar-refractivity contribution >= 4 is 0 Å². The van der Waals surface area contributed by atoms with Gasteiger partial charge in [-0.05, 0) is 13.3 Å². The van der Waals surface area contributed by atoms with E-state index in [1.54, 1.807) is 6.92 Å². The highest BCUT2D eigenvalue weighted by Crippen LogP contribution is 1.91. The predicted octanol–water partition coefficient (Wildman–Crippen LogP) is 0.0753. The third-order valence-corrected chi connectivity index (χ3v) is 1.21. The second-order valence-corrected chi connectivity index (χ2v) is 2.56. The van der Waals surface area contributed by atoms with Crippen LogP contribution < -0.4 is 5.32 Å². The van der Waals surface area contributed by atoms with Crippen LogP contribution in [0.2, 0.25) is 0 Å². The van der Waals surface area contributed by atoms with Crippen molar-refractivity contribution in [1.82, 2.24) is 5.32 Å². The zero-order chi connectivity index (χ0) is 7.98. The molecule has 0 amide bonds. The summed E-state index contributed by atoms with van der Waals surface area (Å²) in [7, 11) is 0. The highest BCUT2D eigenvalue weighted by molar-refractivity contribution is 4.55. The summed E-state index contributed by atoms with van der Waals surface area (Å²) < 4.78 is 0. The van der Waals surface area contributed by atoms with Crippen molar-refractivity contribution in [1.29, 1.82) is 0 Å². The Morgan fingerprint density at radius 3 is 2.40 bits per heavy atom. The topological polar surface area (TPSA) is 52.5 Å². The first-order valence-corrected chi connectivity index (χ1v) is 3.76. The summed E-state index contributed by atoms with van der Waals surface area (Å²) >= 11 is 0. The van der Waals surface area contributed by atoms with Crippen molar-refractivity contribution in [3.05, 3.63) is 0 Å². The van der Waals surface area contributed by atoms with Crippen molar-refractivity contribution in [2.24, 2.45) is 0 Å². The Kier molecular flexibility index (Phi) is 5.58. The van der Waals surface area contributed by atoms with Crippen molar-refractivity contribution < 1.29 is 10.2 Å². The van der Waals surface area contributed by atoms with E-state index in [1.807, 2.05) is 6.92 Å². The molecule has 0 fully saturated rings. The molecule has 0 saturated carbocycles. The molecule has 0 heterocycles. The smallest absolute Gasteiger partial charge is 0.104 e. The SMILES string of the molecule is CCCC(O)NCC(C)O. The molecule has 0 spiro atoms. The second-order valence-electron chi connectivity index (χ2n) is 2.56. The summed E-state index contributed by atoms with van der Waals surface area (Å²) in [4.78, 5) is 0. The first-order chi connectivity index (χ1) is 4.66. The first-order valence-electron chi connectivity index (χ1n) is 3.76. The van der Waals surface area contributed by atoms with Crippen LogP contribution in [0.3, 0.4) is 0 Å². The summed E-state index contributed by atoms with van der Waals surface area (Å²) in [5.41, 5.74) is 0. The van der Waals surface area contributed by atoms with Gasteiger partial charge in [0.2, 0.25) is 0 Å². The van der Waals surface area contributed by atoms with Gasteiger partial charge in [0.1, 0.15) is 6.23 Å². The number of hydrogen-bond acceptors (Lipinski definition) is 3. The maximum atomic E-state index is 9.08. The molecule has 0 rings (SSSR count). The van der Waals surface area contributed by atoms with E-state index in [4.69, 9.17) is 10.2 Å². The molecule has 0 bridgehead atoms. The van der Waals surface area contributed by atoms with E-state index in [1.165, 1.54) is 0 Å². The molecule has 0 aliphatic carbocycles. The molecule has 0 radical (unpaired) electrons. The molecule has 0 aliphatic rings. The van der Waals surface area contributed by atoms with Gasteiger partial charge in [-0.3, -0.25) is 5.32 Å². The fourth-order valence-electron chi connectivity index (χ4n) is 0.682. The number of aliphatic hydroxyl groups excluding tert-OH is 2. The van der Waals surface area contributed by atoms with Gasteiger partial charge in [0.15, 0.2) is 0 Å². The summed E-state index contributed by atoms with van der Waals surface area (Å²) in [5, 5.41) is 20.7. The lowest BCUT2D eigenvalue weighted by molar-refractivity contribution is 0.101. The number of rotatable bonds is 5. The third-order valence-electron chi connectivity index (χ3n) is 1.21. The van der Waals surface area contributed by atoms with Crippen molar-refractivity contribution in [2.45, 2.75) is 39.0 Å². The Hall–Kier alpha value is -0.120. The van der Waals surface area contributed by atoms with Gasteiger partial charge in [-0.1, -0.05) is 13.3 Å². The van der Waals surface area contributed by atoms with E-state index >= 15 is 0 Å². The molecular weight excluding hydrogens is 130 g/mol. The van der Waals surface area contributed by atoms with Crippen LogP contribution in [0.25, 0.3) is 0 Å². The highest BCUT2D eigenvalue weighted by Gasteiger charge is 2.01. The number of aliphatic hydroxyl groups is 2. The molecule has 0 aromatic heterocycles. The molecule has 62 valence electrons. The van der Waals surface area contributed by atoms with E-state index in [0.717, 1.165) is 12.8 Å². The van der Waals surface area contributed by atoms with Crippen LogP contribution in [0, 0.1) is 0 Å². The highest BCUT2D eigenvalue weighted by atomic mass is 16.3. The van der Waals surface area contributed by atoms with Crippen LogP contribution in [0.5, 0.6) is 0 Å².